The van der Waals surface area contributed by atoms with Crippen molar-refractivity contribution in [3.63, 3.8) is 0 Å². The lowest BCUT2D eigenvalue weighted by Gasteiger charge is -2.27. The van der Waals surface area contributed by atoms with E-state index in [1.54, 1.807) is 11.1 Å². The number of oxime groups is 1. The summed E-state index contributed by atoms with van der Waals surface area (Å²) in [6.07, 6.45) is 7.74. The van der Waals surface area contributed by atoms with Crippen LogP contribution in [0.3, 0.4) is 0 Å². The van der Waals surface area contributed by atoms with Crippen LogP contribution in [0, 0.1) is 5.92 Å². The second-order valence-corrected chi connectivity index (χ2v) is 5.33. The predicted molar refractivity (Wildman–Crippen MR) is 65.9 cm³/mol. The molecular formula is C14H16N2O. The van der Waals surface area contributed by atoms with Crippen LogP contribution in [-0.2, 0) is 0 Å². The molecule has 17 heavy (non-hydrogen) atoms. The van der Waals surface area contributed by atoms with Gasteiger partial charge in [-0.2, -0.15) is 0 Å². The number of allylic oxidation sites excluding steroid dienone is 5. The Balaban J connectivity index is 1.90. The van der Waals surface area contributed by atoms with Crippen molar-refractivity contribution in [2.45, 2.75) is 32.1 Å². The maximum Gasteiger partial charge on any atom is 0.0833 e. The van der Waals surface area contributed by atoms with E-state index in [0.29, 0.717) is 5.92 Å². The molecule has 0 aromatic carbocycles. The van der Waals surface area contributed by atoms with E-state index in [9.17, 15) is 0 Å². The second-order valence-electron chi connectivity index (χ2n) is 5.33. The van der Waals surface area contributed by atoms with Gasteiger partial charge in [0, 0.05) is 18.2 Å². The van der Waals surface area contributed by atoms with E-state index in [1.807, 2.05) is 0 Å². The van der Waals surface area contributed by atoms with Crippen LogP contribution in [0.25, 0.3) is 0 Å². The van der Waals surface area contributed by atoms with Gasteiger partial charge in [0.2, 0.25) is 0 Å². The van der Waals surface area contributed by atoms with Crippen LogP contribution in [0.4, 0.5) is 0 Å². The van der Waals surface area contributed by atoms with Crippen molar-refractivity contribution < 1.29 is 5.21 Å². The van der Waals surface area contributed by atoms with Crippen molar-refractivity contribution in [1.29, 1.82) is 0 Å². The lowest BCUT2D eigenvalue weighted by atomic mass is 9.76. The molecule has 88 valence electrons. The van der Waals surface area contributed by atoms with Crippen molar-refractivity contribution in [3.05, 3.63) is 34.1 Å². The molecule has 0 spiro atoms. The van der Waals surface area contributed by atoms with Crippen molar-refractivity contribution in [1.82, 2.24) is 5.32 Å². The fraction of sp³-hybridized carbons (Fsp3) is 0.500. The lowest BCUT2D eigenvalue weighted by Crippen LogP contribution is -2.16. The maximum absolute atomic E-state index is 9.08. The summed E-state index contributed by atoms with van der Waals surface area (Å²) in [6, 6.07) is 0. The Labute approximate surface area is 101 Å². The van der Waals surface area contributed by atoms with Crippen LogP contribution in [0.2, 0.25) is 0 Å². The molecule has 1 unspecified atom stereocenters. The average Bonchev–Trinajstić information content (AvgIpc) is 2.95. The van der Waals surface area contributed by atoms with Gasteiger partial charge in [-0.05, 0) is 54.4 Å². The zero-order chi connectivity index (χ0) is 11.4. The molecule has 0 amide bonds. The molecule has 0 radical (unpaired) electrons. The van der Waals surface area contributed by atoms with Crippen molar-refractivity contribution in [3.8, 4) is 0 Å². The minimum absolute atomic E-state index is 0.616. The molecule has 4 rings (SSSR count). The molecule has 2 N–H and O–H groups in total. The van der Waals surface area contributed by atoms with Gasteiger partial charge in [0.05, 0.1) is 5.71 Å². The summed E-state index contributed by atoms with van der Waals surface area (Å²) in [4.78, 5) is 0. The normalized spacial score (nSPS) is 32.6. The quantitative estimate of drug-likeness (QED) is 0.494. The van der Waals surface area contributed by atoms with Gasteiger partial charge >= 0.3 is 0 Å². The zero-order valence-corrected chi connectivity index (χ0v) is 9.79. The number of rotatable bonds is 0. The number of fused-ring (bicyclic) bond motifs is 1. The molecule has 0 saturated carbocycles. The molecule has 0 bridgehead atoms. The van der Waals surface area contributed by atoms with Gasteiger partial charge in [-0.25, -0.2) is 0 Å². The number of hydrogen-bond donors (Lipinski definition) is 2. The van der Waals surface area contributed by atoms with Gasteiger partial charge in [-0.15, -0.1) is 0 Å². The van der Waals surface area contributed by atoms with Crippen LogP contribution in [0.5, 0.6) is 0 Å². The molecule has 0 aromatic heterocycles. The Kier molecular flexibility index (Phi) is 1.82. The monoisotopic (exact) mass is 228 g/mol. The van der Waals surface area contributed by atoms with Crippen LogP contribution in [0.1, 0.15) is 32.1 Å². The highest BCUT2D eigenvalue weighted by atomic mass is 16.4. The number of hydrogen-bond acceptors (Lipinski definition) is 3. The molecule has 1 atom stereocenters. The molecule has 1 fully saturated rings. The summed E-state index contributed by atoms with van der Waals surface area (Å²) in [6.45, 7) is 1.06. The molecule has 0 aromatic rings. The summed E-state index contributed by atoms with van der Waals surface area (Å²) in [5, 5.41) is 16.1. The number of nitrogens with zero attached hydrogens (tertiary/aromatic N) is 1. The van der Waals surface area contributed by atoms with Gasteiger partial charge in [0.25, 0.3) is 0 Å². The summed E-state index contributed by atoms with van der Waals surface area (Å²) in [5.41, 5.74) is 8.32. The molecule has 1 aliphatic heterocycles. The minimum atomic E-state index is 0.616. The molecule has 3 nitrogen and oxygen atoms in total. The smallest absolute Gasteiger partial charge is 0.0833 e. The third kappa shape index (κ3) is 1.14. The molecule has 3 aliphatic carbocycles. The highest BCUT2D eigenvalue weighted by molar-refractivity contribution is 6.04. The van der Waals surface area contributed by atoms with Crippen molar-refractivity contribution >= 4 is 5.71 Å². The molecule has 1 saturated heterocycles. The van der Waals surface area contributed by atoms with Crippen molar-refractivity contribution in [2.24, 2.45) is 11.1 Å². The summed E-state index contributed by atoms with van der Waals surface area (Å²) in [7, 11) is 0. The maximum atomic E-state index is 9.08. The second kappa shape index (κ2) is 3.25. The Morgan fingerprint density at radius 1 is 1.18 bits per heavy atom. The van der Waals surface area contributed by atoms with Crippen LogP contribution >= 0.6 is 0 Å². The van der Waals surface area contributed by atoms with E-state index in [-0.39, 0.29) is 0 Å². The average molecular weight is 228 g/mol. The standard InChI is InChI=1S/C14H16N2O/c17-16-12-5-4-9-10-2-1-3-13-14(10)8(7-15-13)6-11(9)12/h3,8,15,17H,1-2,4-7H2. The van der Waals surface area contributed by atoms with Crippen LogP contribution < -0.4 is 5.32 Å². The third-order valence-electron chi connectivity index (χ3n) is 4.57. The first-order chi connectivity index (χ1) is 8.38. The van der Waals surface area contributed by atoms with Crippen LogP contribution in [-0.4, -0.2) is 17.5 Å². The SMILES string of the molecule is ON=C1CCC2=C1CC1CNC3=CCCC2=C31. The van der Waals surface area contributed by atoms with Gasteiger partial charge in [0.15, 0.2) is 0 Å². The first-order valence-electron chi connectivity index (χ1n) is 6.49. The van der Waals surface area contributed by atoms with Crippen molar-refractivity contribution in [2.75, 3.05) is 6.54 Å². The Morgan fingerprint density at radius 3 is 3.00 bits per heavy atom. The molecular weight excluding hydrogens is 212 g/mol. The molecule has 3 heteroatoms. The highest BCUT2D eigenvalue weighted by Crippen LogP contribution is 2.48. The Bertz CT molecular complexity index is 522. The molecule has 1 heterocycles. The van der Waals surface area contributed by atoms with E-state index in [2.05, 4.69) is 16.5 Å². The molecule has 4 aliphatic rings. The van der Waals surface area contributed by atoms with E-state index < -0.39 is 0 Å². The fourth-order valence-electron chi connectivity index (χ4n) is 3.87. The summed E-state index contributed by atoms with van der Waals surface area (Å²) in [5.74, 6) is 0.616. The van der Waals surface area contributed by atoms with Gasteiger partial charge in [0.1, 0.15) is 0 Å². The topological polar surface area (TPSA) is 44.6 Å². The first kappa shape index (κ1) is 9.51. The lowest BCUT2D eigenvalue weighted by molar-refractivity contribution is 0.318. The fourth-order valence-corrected chi connectivity index (χ4v) is 3.87. The van der Waals surface area contributed by atoms with Gasteiger partial charge in [-0.3, -0.25) is 0 Å². The summed E-state index contributed by atoms with van der Waals surface area (Å²) >= 11 is 0. The Hall–Kier alpha value is -1.51. The van der Waals surface area contributed by atoms with E-state index in [0.717, 1.165) is 37.9 Å². The largest absolute Gasteiger partial charge is 0.411 e. The van der Waals surface area contributed by atoms with E-state index >= 15 is 0 Å². The van der Waals surface area contributed by atoms with E-state index in [4.69, 9.17) is 5.21 Å². The van der Waals surface area contributed by atoms with E-state index in [1.165, 1.54) is 23.3 Å². The minimum Gasteiger partial charge on any atom is -0.411 e. The summed E-state index contributed by atoms with van der Waals surface area (Å²) < 4.78 is 0. The zero-order valence-electron chi connectivity index (χ0n) is 9.79. The van der Waals surface area contributed by atoms with Gasteiger partial charge < -0.3 is 10.5 Å². The predicted octanol–water partition coefficient (Wildman–Crippen LogP) is 2.50. The number of nitrogens with one attached hydrogen (secondary N) is 1. The third-order valence-corrected chi connectivity index (χ3v) is 4.57. The highest BCUT2D eigenvalue weighted by Gasteiger charge is 2.39. The van der Waals surface area contributed by atoms with Gasteiger partial charge in [-0.1, -0.05) is 11.2 Å². The van der Waals surface area contributed by atoms with Crippen LogP contribution in [0.15, 0.2) is 39.2 Å². The first-order valence-corrected chi connectivity index (χ1v) is 6.49. The Morgan fingerprint density at radius 2 is 2.12 bits per heavy atom.